The molecule has 4 nitrogen and oxygen atoms in total. The largest absolute Gasteiger partial charge is 0.457 e. The van der Waals surface area contributed by atoms with Gasteiger partial charge in [-0.3, -0.25) is 4.79 Å². The molecule has 3 rings (SSSR count). The molecule has 3 unspecified atom stereocenters. The summed E-state index contributed by atoms with van der Waals surface area (Å²) in [6, 6.07) is 2.10. The molecule has 98 valence electrons. The average Bonchev–Trinajstić information content (AvgIpc) is 3.01. The molecular weight excluding hydrogens is 296 g/mol. The fourth-order valence-corrected chi connectivity index (χ4v) is 3.79. The minimum absolute atomic E-state index is 0.0943. The Kier molecular flexibility index (Phi) is 3.20. The summed E-state index contributed by atoms with van der Waals surface area (Å²) >= 11 is 3.29. The van der Waals surface area contributed by atoms with Gasteiger partial charge in [0.1, 0.15) is 0 Å². The van der Waals surface area contributed by atoms with Crippen LogP contribution >= 0.6 is 15.9 Å². The first-order chi connectivity index (χ1) is 8.72. The molecule has 0 spiro atoms. The van der Waals surface area contributed by atoms with Crippen LogP contribution in [0.5, 0.6) is 0 Å². The number of likely N-dealkylation sites (tertiary alicyclic amines) is 1. The van der Waals surface area contributed by atoms with Crippen LogP contribution < -0.4 is 5.32 Å². The minimum Gasteiger partial charge on any atom is -0.457 e. The van der Waals surface area contributed by atoms with Crippen molar-refractivity contribution in [3.63, 3.8) is 0 Å². The smallest absolute Gasteiger partial charge is 0.258 e. The molecule has 0 saturated carbocycles. The number of halogens is 1. The number of amides is 1. The molecule has 0 aromatic carbocycles. The predicted molar refractivity (Wildman–Crippen MR) is 71.4 cm³/mol. The van der Waals surface area contributed by atoms with Gasteiger partial charge in [0, 0.05) is 25.7 Å². The summed E-state index contributed by atoms with van der Waals surface area (Å²) in [7, 11) is 0. The highest BCUT2D eigenvalue weighted by Gasteiger charge is 2.45. The van der Waals surface area contributed by atoms with Crippen molar-refractivity contribution in [3.05, 3.63) is 22.6 Å². The molecule has 18 heavy (non-hydrogen) atoms. The molecule has 1 aromatic rings. The number of carbonyl (C=O) groups excluding carboxylic acids is 1. The molecule has 2 aliphatic heterocycles. The van der Waals surface area contributed by atoms with Crippen molar-refractivity contribution in [2.24, 2.45) is 11.8 Å². The number of furan rings is 1. The number of hydrogen-bond acceptors (Lipinski definition) is 3. The fourth-order valence-electron chi connectivity index (χ4n) is 3.38. The molecule has 1 aromatic heterocycles. The molecule has 0 bridgehead atoms. The van der Waals surface area contributed by atoms with Crippen molar-refractivity contribution in [1.29, 1.82) is 0 Å². The Labute approximate surface area is 115 Å². The quantitative estimate of drug-likeness (QED) is 0.909. The first kappa shape index (κ1) is 12.2. The predicted octanol–water partition coefficient (Wildman–Crippen LogP) is 2.11. The standard InChI is InChI=1S/C13H17BrN2O2/c1-2-11-10-6-15-5-8(10)7-16(11)13(17)9-3-4-18-12(9)14/h3-4,8,10-11,15H,2,5-7H2,1H3. The van der Waals surface area contributed by atoms with E-state index in [-0.39, 0.29) is 5.91 Å². The second-order valence-electron chi connectivity index (χ2n) is 5.12. The van der Waals surface area contributed by atoms with Crippen molar-refractivity contribution in [2.75, 3.05) is 19.6 Å². The van der Waals surface area contributed by atoms with Crippen LogP contribution in [0, 0.1) is 11.8 Å². The van der Waals surface area contributed by atoms with Gasteiger partial charge in [0.2, 0.25) is 0 Å². The van der Waals surface area contributed by atoms with E-state index >= 15 is 0 Å². The summed E-state index contributed by atoms with van der Waals surface area (Å²) < 4.78 is 5.70. The van der Waals surface area contributed by atoms with E-state index in [0.717, 1.165) is 26.1 Å². The number of nitrogens with one attached hydrogen (secondary N) is 1. The number of carbonyl (C=O) groups is 1. The van der Waals surface area contributed by atoms with Gasteiger partial charge in [0.15, 0.2) is 4.67 Å². The maximum Gasteiger partial charge on any atom is 0.258 e. The Hall–Kier alpha value is -0.810. The van der Waals surface area contributed by atoms with E-state index in [1.54, 1.807) is 12.3 Å². The molecule has 0 aliphatic carbocycles. The zero-order chi connectivity index (χ0) is 12.7. The maximum atomic E-state index is 12.5. The Bertz CT molecular complexity index is 460. The molecule has 2 fully saturated rings. The van der Waals surface area contributed by atoms with Gasteiger partial charge in [-0.1, -0.05) is 6.92 Å². The van der Waals surface area contributed by atoms with E-state index in [0.29, 0.717) is 28.1 Å². The lowest BCUT2D eigenvalue weighted by Gasteiger charge is -2.26. The number of nitrogens with zero attached hydrogens (tertiary/aromatic N) is 1. The van der Waals surface area contributed by atoms with E-state index in [1.165, 1.54) is 0 Å². The van der Waals surface area contributed by atoms with Crippen LogP contribution in [-0.4, -0.2) is 36.5 Å². The van der Waals surface area contributed by atoms with Crippen molar-refractivity contribution in [1.82, 2.24) is 10.2 Å². The van der Waals surface area contributed by atoms with Crippen LogP contribution in [0.4, 0.5) is 0 Å². The topological polar surface area (TPSA) is 45.5 Å². The third-order valence-electron chi connectivity index (χ3n) is 4.25. The highest BCUT2D eigenvalue weighted by Crippen LogP contribution is 2.35. The first-order valence-corrected chi connectivity index (χ1v) is 7.26. The first-order valence-electron chi connectivity index (χ1n) is 6.47. The highest BCUT2D eigenvalue weighted by molar-refractivity contribution is 9.10. The summed E-state index contributed by atoms with van der Waals surface area (Å²) in [4.78, 5) is 14.6. The van der Waals surface area contributed by atoms with Crippen LogP contribution in [0.1, 0.15) is 23.7 Å². The molecule has 3 heterocycles. The van der Waals surface area contributed by atoms with Crippen LogP contribution in [0.15, 0.2) is 21.4 Å². The Morgan fingerprint density at radius 2 is 2.44 bits per heavy atom. The third-order valence-corrected chi connectivity index (χ3v) is 4.86. The van der Waals surface area contributed by atoms with E-state index < -0.39 is 0 Å². The van der Waals surface area contributed by atoms with Gasteiger partial charge in [-0.05, 0) is 40.3 Å². The zero-order valence-corrected chi connectivity index (χ0v) is 11.9. The molecule has 2 aliphatic rings. The molecule has 0 radical (unpaired) electrons. The SMILES string of the molecule is CCC1C2CNCC2CN1C(=O)c1ccoc1Br. The van der Waals surface area contributed by atoms with Gasteiger partial charge < -0.3 is 14.6 Å². The number of rotatable bonds is 2. The Morgan fingerprint density at radius 3 is 3.11 bits per heavy atom. The van der Waals surface area contributed by atoms with Gasteiger partial charge in [0.05, 0.1) is 11.8 Å². The fraction of sp³-hybridized carbons (Fsp3) is 0.615. The summed E-state index contributed by atoms with van der Waals surface area (Å²) in [5, 5.41) is 3.43. The van der Waals surface area contributed by atoms with Gasteiger partial charge in [0.25, 0.3) is 5.91 Å². The second-order valence-corrected chi connectivity index (χ2v) is 5.84. The van der Waals surface area contributed by atoms with Crippen LogP contribution in [0.3, 0.4) is 0 Å². The van der Waals surface area contributed by atoms with Crippen molar-refractivity contribution in [2.45, 2.75) is 19.4 Å². The van der Waals surface area contributed by atoms with Crippen LogP contribution in [-0.2, 0) is 0 Å². The summed E-state index contributed by atoms with van der Waals surface area (Å²) in [6.07, 6.45) is 2.57. The minimum atomic E-state index is 0.0943. The second kappa shape index (κ2) is 4.70. The monoisotopic (exact) mass is 312 g/mol. The van der Waals surface area contributed by atoms with Gasteiger partial charge >= 0.3 is 0 Å². The van der Waals surface area contributed by atoms with Crippen LogP contribution in [0.2, 0.25) is 0 Å². The third kappa shape index (κ3) is 1.80. The summed E-state index contributed by atoms with van der Waals surface area (Å²) in [6.45, 7) is 5.11. The summed E-state index contributed by atoms with van der Waals surface area (Å²) in [5.74, 6) is 1.33. The number of fused-ring (bicyclic) bond motifs is 1. The zero-order valence-electron chi connectivity index (χ0n) is 10.4. The van der Waals surface area contributed by atoms with Gasteiger partial charge in [-0.25, -0.2) is 0 Å². The molecule has 1 amide bonds. The van der Waals surface area contributed by atoms with Crippen molar-refractivity contribution in [3.8, 4) is 0 Å². The lowest BCUT2D eigenvalue weighted by molar-refractivity contribution is 0.0709. The highest BCUT2D eigenvalue weighted by atomic mass is 79.9. The maximum absolute atomic E-state index is 12.5. The molecule has 3 atom stereocenters. The molecule has 5 heteroatoms. The van der Waals surface area contributed by atoms with Gasteiger partial charge in [-0.15, -0.1) is 0 Å². The number of hydrogen-bond donors (Lipinski definition) is 1. The average molecular weight is 313 g/mol. The lowest BCUT2D eigenvalue weighted by atomic mass is 9.93. The van der Waals surface area contributed by atoms with E-state index in [9.17, 15) is 4.79 Å². The van der Waals surface area contributed by atoms with Crippen molar-refractivity contribution >= 4 is 21.8 Å². The normalized spacial score (nSPS) is 30.8. The van der Waals surface area contributed by atoms with E-state index in [4.69, 9.17) is 4.42 Å². The van der Waals surface area contributed by atoms with Crippen LogP contribution in [0.25, 0.3) is 0 Å². The molecular formula is C13H17BrN2O2. The van der Waals surface area contributed by atoms with Crippen molar-refractivity contribution < 1.29 is 9.21 Å². The van der Waals surface area contributed by atoms with E-state index in [2.05, 4.69) is 28.2 Å². The Balaban J connectivity index is 1.84. The molecule has 1 N–H and O–H groups in total. The Morgan fingerprint density at radius 1 is 1.61 bits per heavy atom. The van der Waals surface area contributed by atoms with Gasteiger partial charge in [-0.2, -0.15) is 0 Å². The molecule has 2 saturated heterocycles. The van der Waals surface area contributed by atoms with E-state index in [1.807, 2.05) is 4.90 Å². The lowest BCUT2D eigenvalue weighted by Crippen LogP contribution is -2.39. The summed E-state index contributed by atoms with van der Waals surface area (Å²) in [5.41, 5.74) is 0.640.